The van der Waals surface area contributed by atoms with Gasteiger partial charge in [0.15, 0.2) is 0 Å². The third-order valence-electron chi connectivity index (χ3n) is 4.50. The monoisotopic (exact) mass is 408 g/mol. The fourth-order valence-electron chi connectivity index (χ4n) is 3.23. The molecule has 0 bridgehead atoms. The van der Waals surface area contributed by atoms with Crippen molar-refractivity contribution in [1.29, 1.82) is 0 Å². The first kappa shape index (κ1) is 18.1. The van der Waals surface area contributed by atoms with Crippen LogP contribution < -0.4 is 0 Å². The van der Waals surface area contributed by atoms with E-state index >= 15 is 0 Å². The summed E-state index contributed by atoms with van der Waals surface area (Å²) in [5.74, 6) is -4.25. The summed E-state index contributed by atoms with van der Waals surface area (Å²) >= 11 is 12.5. The summed E-state index contributed by atoms with van der Waals surface area (Å²) in [7, 11) is 0. The molecular weight excluding hydrogens is 396 g/mol. The molecule has 0 fully saturated rings. The zero-order valence-electron chi connectivity index (χ0n) is 14.1. The largest absolute Gasteiger partial charge is 0.315 e. The molecule has 0 unspecified atom stereocenters. The zero-order valence-corrected chi connectivity index (χ0v) is 15.6. The van der Waals surface area contributed by atoms with Crippen LogP contribution in [0.15, 0.2) is 53.7 Å². The molecule has 2 heterocycles. The predicted octanol–water partition coefficient (Wildman–Crippen LogP) is 6.39. The number of rotatable bonds is 2. The van der Waals surface area contributed by atoms with Crippen molar-refractivity contribution in [3.8, 4) is 5.69 Å². The van der Waals surface area contributed by atoms with E-state index in [4.69, 9.17) is 23.2 Å². The molecule has 138 valence electrons. The maximum atomic E-state index is 13.9. The Morgan fingerprint density at radius 1 is 1.11 bits per heavy atom. The van der Waals surface area contributed by atoms with Gasteiger partial charge in [0.2, 0.25) is 0 Å². The van der Waals surface area contributed by atoms with Crippen LogP contribution in [0.1, 0.15) is 29.3 Å². The summed E-state index contributed by atoms with van der Waals surface area (Å²) in [6.45, 7) is 0.919. The average Bonchev–Trinajstić information content (AvgIpc) is 3.00. The summed E-state index contributed by atoms with van der Waals surface area (Å²) in [5.41, 5.74) is 2.45. The lowest BCUT2D eigenvalue weighted by Crippen LogP contribution is -2.14. The first-order valence-electron chi connectivity index (χ1n) is 8.14. The number of aromatic nitrogens is 1. The van der Waals surface area contributed by atoms with E-state index in [1.54, 1.807) is 12.1 Å². The van der Waals surface area contributed by atoms with E-state index < -0.39 is 17.3 Å². The van der Waals surface area contributed by atoms with Crippen LogP contribution in [-0.4, -0.2) is 10.3 Å². The van der Waals surface area contributed by atoms with Crippen molar-refractivity contribution in [2.75, 3.05) is 0 Å². The number of halogens is 5. The van der Waals surface area contributed by atoms with Gasteiger partial charge < -0.3 is 4.57 Å². The van der Waals surface area contributed by atoms with Gasteiger partial charge >= 0.3 is 0 Å². The van der Waals surface area contributed by atoms with Crippen LogP contribution in [0.5, 0.6) is 0 Å². The lowest BCUT2D eigenvalue weighted by Gasteiger charge is -2.15. The minimum atomic E-state index is -3.30. The molecule has 4 rings (SSSR count). The molecule has 0 amide bonds. The van der Waals surface area contributed by atoms with Crippen LogP contribution in [-0.2, 0) is 12.5 Å². The second-order valence-electron chi connectivity index (χ2n) is 6.40. The Balaban J connectivity index is 1.92. The van der Waals surface area contributed by atoms with E-state index in [-0.39, 0.29) is 6.54 Å². The lowest BCUT2D eigenvalue weighted by atomic mass is 10.0. The third kappa shape index (κ3) is 3.15. The number of nitrogens with zero attached hydrogens (tertiary/aromatic N) is 2. The first-order chi connectivity index (χ1) is 12.8. The van der Waals surface area contributed by atoms with Crippen LogP contribution in [0.3, 0.4) is 0 Å². The topological polar surface area (TPSA) is 17.3 Å². The summed E-state index contributed by atoms with van der Waals surface area (Å²) in [6, 6.07) is 10.7. The Hall–Kier alpha value is -2.24. The first-order valence-corrected chi connectivity index (χ1v) is 8.90. The fourth-order valence-corrected chi connectivity index (χ4v) is 3.78. The Morgan fingerprint density at radius 3 is 2.63 bits per heavy atom. The van der Waals surface area contributed by atoms with Gasteiger partial charge in [0.25, 0.3) is 5.92 Å². The van der Waals surface area contributed by atoms with Gasteiger partial charge in [-0.2, -0.15) is 0 Å². The third-order valence-corrected chi connectivity index (χ3v) is 5.05. The van der Waals surface area contributed by atoms with Crippen molar-refractivity contribution in [2.45, 2.75) is 19.4 Å². The van der Waals surface area contributed by atoms with Crippen LogP contribution in [0, 0.1) is 5.82 Å². The molecule has 1 aliphatic rings. The van der Waals surface area contributed by atoms with Crippen molar-refractivity contribution in [3.63, 3.8) is 0 Å². The van der Waals surface area contributed by atoms with E-state index in [0.717, 1.165) is 23.4 Å². The number of hydrogen-bond donors (Lipinski definition) is 0. The second-order valence-corrected chi connectivity index (χ2v) is 7.24. The molecule has 1 aliphatic heterocycles. The highest BCUT2D eigenvalue weighted by Gasteiger charge is 2.29. The summed E-state index contributed by atoms with van der Waals surface area (Å²) < 4.78 is 43.3. The van der Waals surface area contributed by atoms with Gasteiger partial charge in [-0.05, 0) is 42.5 Å². The number of alkyl halides is 2. The summed E-state index contributed by atoms with van der Waals surface area (Å²) in [4.78, 5) is 4.59. The van der Waals surface area contributed by atoms with Crippen LogP contribution in [0.4, 0.5) is 13.2 Å². The molecule has 2 aromatic carbocycles. The van der Waals surface area contributed by atoms with Gasteiger partial charge in [0.05, 0.1) is 29.2 Å². The number of benzene rings is 2. The SMILES string of the molecule is CC(F)(F)c1cc(C2=NCc3c(Cl)cc(Cl)cc3-n3cccc32)ccc1F. The van der Waals surface area contributed by atoms with E-state index in [9.17, 15) is 13.2 Å². The van der Waals surface area contributed by atoms with E-state index in [1.165, 1.54) is 6.07 Å². The number of fused-ring (bicyclic) bond motifs is 3. The second kappa shape index (κ2) is 6.43. The van der Waals surface area contributed by atoms with Crippen LogP contribution >= 0.6 is 23.2 Å². The van der Waals surface area contributed by atoms with E-state index in [2.05, 4.69) is 4.99 Å². The molecule has 7 heteroatoms. The standard InChI is InChI=1S/C20H13Cl2F3N2/c1-20(24,25)14-7-11(4-5-16(14)23)19-17-3-2-6-27(17)18-9-12(21)8-15(22)13(18)10-26-19/h2-9H,10H2,1H3. The normalized spacial score (nSPS) is 13.6. The maximum absolute atomic E-state index is 13.9. The Bertz CT molecular complexity index is 1080. The van der Waals surface area contributed by atoms with Gasteiger partial charge in [-0.1, -0.05) is 23.2 Å². The average molecular weight is 409 g/mol. The molecule has 0 aliphatic carbocycles. The Labute approximate surface area is 163 Å². The van der Waals surface area contributed by atoms with Gasteiger partial charge in [-0.25, -0.2) is 13.2 Å². The van der Waals surface area contributed by atoms with Gasteiger partial charge in [-0.15, -0.1) is 0 Å². The summed E-state index contributed by atoms with van der Waals surface area (Å²) in [5, 5.41) is 0.957. The number of aliphatic imine (C=N–C) groups is 1. The molecule has 0 saturated carbocycles. The van der Waals surface area contributed by atoms with Crippen LogP contribution in [0.25, 0.3) is 5.69 Å². The van der Waals surface area contributed by atoms with Gasteiger partial charge in [0.1, 0.15) is 5.82 Å². The molecule has 0 saturated heterocycles. The Morgan fingerprint density at radius 2 is 1.89 bits per heavy atom. The molecule has 0 atom stereocenters. The highest BCUT2D eigenvalue weighted by molar-refractivity contribution is 6.35. The molecule has 3 aromatic rings. The molecule has 0 N–H and O–H groups in total. The van der Waals surface area contributed by atoms with Crippen molar-refractivity contribution < 1.29 is 13.2 Å². The smallest absolute Gasteiger partial charge is 0.273 e. The molecule has 0 spiro atoms. The fraction of sp³-hybridized carbons (Fsp3) is 0.150. The maximum Gasteiger partial charge on any atom is 0.273 e. The summed E-state index contributed by atoms with van der Waals surface area (Å²) in [6.07, 6.45) is 1.82. The quantitative estimate of drug-likeness (QED) is 0.467. The van der Waals surface area contributed by atoms with Gasteiger partial charge in [0, 0.05) is 34.3 Å². The minimum Gasteiger partial charge on any atom is -0.315 e. The molecule has 2 nitrogen and oxygen atoms in total. The van der Waals surface area contributed by atoms with E-state index in [1.807, 2.05) is 22.9 Å². The predicted molar refractivity (Wildman–Crippen MR) is 101 cm³/mol. The zero-order chi connectivity index (χ0) is 19.3. The minimum absolute atomic E-state index is 0.248. The molecule has 1 aromatic heterocycles. The van der Waals surface area contributed by atoms with E-state index in [0.29, 0.717) is 33.9 Å². The number of hydrogen-bond acceptors (Lipinski definition) is 1. The highest BCUT2D eigenvalue weighted by atomic mass is 35.5. The van der Waals surface area contributed by atoms with Crippen molar-refractivity contribution in [3.05, 3.63) is 86.9 Å². The molecule has 27 heavy (non-hydrogen) atoms. The van der Waals surface area contributed by atoms with Crippen molar-refractivity contribution in [2.24, 2.45) is 4.99 Å². The van der Waals surface area contributed by atoms with Crippen molar-refractivity contribution in [1.82, 2.24) is 4.57 Å². The molecule has 0 radical (unpaired) electrons. The highest BCUT2D eigenvalue weighted by Crippen LogP contribution is 2.34. The van der Waals surface area contributed by atoms with Crippen molar-refractivity contribution >= 4 is 28.9 Å². The lowest BCUT2D eigenvalue weighted by molar-refractivity contribution is 0.0137. The molecular formula is C20H13Cl2F3N2. The van der Waals surface area contributed by atoms with Gasteiger partial charge in [-0.3, -0.25) is 4.99 Å². The van der Waals surface area contributed by atoms with Crippen LogP contribution in [0.2, 0.25) is 10.0 Å². The Kier molecular flexibility index (Phi) is 4.32.